The van der Waals surface area contributed by atoms with Crippen LogP contribution in [0.4, 0.5) is 0 Å². The summed E-state index contributed by atoms with van der Waals surface area (Å²) >= 11 is 0. The van der Waals surface area contributed by atoms with Crippen LogP contribution >= 0.6 is 0 Å². The molecule has 0 heterocycles. The molecule has 1 aromatic rings. The van der Waals surface area contributed by atoms with Gasteiger partial charge in [0.1, 0.15) is 5.75 Å². The highest BCUT2D eigenvalue weighted by molar-refractivity contribution is 5.67. The normalized spacial score (nSPS) is 12.2. The SMILES string of the molecule is CCc1cc(CC(O)CC(=O)O)ccc1OC. The Labute approximate surface area is 101 Å². The summed E-state index contributed by atoms with van der Waals surface area (Å²) in [5.41, 5.74) is 1.99. The van der Waals surface area contributed by atoms with Crippen LogP contribution in [0, 0.1) is 0 Å². The Balaban J connectivity index is 2.75. The molecule has 4 heteroatoms. The van der Waals surface area contributed by atoms with Crippen molar-refractivity contribution >= 4 is 5.97 Å². The van der Waals surface area contributed by atoms with Crippen molar-refractivity contribution in [3.8, 4) is 5.75 Å². The van der Waals surface area contributed by atoms with Gasteiger partial charge in [-0.15, -0.1) is 0 Å². The van der Waals surface area contributed by atoms with E-state index in [9.17, 15) is 9.90 Å². The number of benzene rings is 1. The molecule has 1 atom stereocenters. The Hall–Kier alpha value is -1.55. The Morgan fingerprint density at radius 1 is 1.47 bits per heavy atom. The van der Waals surface area contributed by atoms with E-state index in [4.69, 9.17) is 9.84 Å². The number of carbonyl (C=O) groups is 1. The molecule has 0 saturated heterocycles. The van der Waals surface area contributed by atoms with Crippen molar-refractivity contribution in [3.05, 3.63) is 29.3 Å². The number of hydrogen-bond acceptors (Lipinski definition) is 3. The quantitative estimate of drug-likeness (QED) is 0.790. The number of aliphatic hydroxyl groups excluding tert-OH is 1. The summed E-state index contributed by atoms with van der Waals surface area (Å²) in [6.45, 7) is 2.02. The molecule has 0 aliphatic carbocycles. The molecule has 1 rings (SSSR count). The molecule has 0 amide bonds. The Bertz CT molecular complexity index is 387. The second-order valence-electron chi connectivity index (χ2n) is 3.96. The molecule has 0 spiro atoms. The predicted molar refractivity (Wildman–Crippen MR) is 64.3 cm³/mol. The minimum Gasteiger partial charge on any atom is -0.496 e. The number of aliphatic hydroxyl groups is 1. The molecular formula is C13H18O4. The van der Waals surface area contributed by atoms with Gasteiger partial charge in [-0.05, 0) is 30.0 Å². The number of aliphatic carboxylic acids is 1. The third-order valence-corrected chi connectivity index (χ3v) is 2.61. The van der Waals surface area contributed by atoms with Crippen LogP contribution in [0.1, 0.15) is 24.5 Å². The molecule has 0 bridgehead atoms. The first-order valence-corrected chi connectivity index (χ1v) is 5.62. The fourth-order valence-electron chi connectivity index (χ4n) is 1.78. The first-order chi connectivity index (χ1) is 8.06. The van der Waals surface area contributed by atoms with E-state index in [0.29, 0.717) is 6.42 Å². The number of methoxy groups -OCH3 is 1. The lowest BCUT2D eigenvalue weighted by Gasteiger charge is -2.11. The van der Waals surface area contributed by atoms with E-state index in [2.05, 4.69) is 0 Å². The van der Waals surface area contributed by atoms with Gasteiger partial charge in [0.05, 0.1) is 19.6 Å². The summed E-state index contributed by atoms with van der Waals surface area (Å²) in [5, 5.41) is 18.1. The zero-order valence-corrected chi connectivity index (χ0v) is 10.1. The summed E-state index contributed by atoms with van der Waals surface area (Å²) in [6, 6.07) is 5.65. The Morgan fingerprint density at radius 2 is 2.18 bits per heavy atom. The molecule has 0 aliphatic heterocycles. The van der Waals surface area contributed by atoms with Crippen molar-refractivity contribution in [1.82, 2.24) is 0 Å². The van der Waals surface area contributed by atoms with Crippen LogP contribution in [0.25, 0.3) is 0 Å². The fourth-order valence-corrected chi connectivity index (χ4v) is 1.78. The molecule has 0 aromatic heterocycles. The summed E-state index contributed by atoms with van der Waals surface area (Å²) in [4.78, 5) is 10.4. The molecule has 0 aliphatic rings. The summed E-state index contributed by atoms with van der Waals surface area (Å²) < 4.78 is 5.20. The Morgan fingerprint density at radius 3 is 2.71 bits per heavy atom. The van der Waals surface area contributed by atoms with Gasteiger partial charge in [0.15, 0.2) is 0 Å². The van der Waals surface area contributed by atoms with Crippen LogP contribution in [0.2, 0.25) is 0 Å². The van der Waals surface area contributed by atoms with Crippen LogP contribution < -0.4 is 4.74 Å². The molecule has 1 aromatic carbocycles. The van der Waals surface area contributed by atoms with Crippen molar-refractivity contribution in [2.45, 2.75) is 32.3 Å². The maximum absolute atomic E-state index is 10.4. The van der Waals surface area contributed by atoms with Gasteiger partial charge >= 0.3 is 5.97 Å². The van der Waals surface area contributed by atoms with Crippen LogP contribution in [0.5, 0.6) is 5.75 Å². The lowest BCUT2D eigenvalue weighted by molar-refractivity contribution is -0.139. The molecule has 4 nitrogen and oxygen atoms in total. The van der Waals surface area contributed by atoms with Crippen LogP contribution in [-0.4, -0.2) is 29.4 Å². The topological polar surface area (TPSA) is 66.8 Å². The highest BCUT2D eigenvalue weighted by Crippen LogP contribution is 2.21. The molecule has 0 fully saturated rings. The van der Waals surface area contributed by atoms with Gasteiger partial charge < -0.3 is 14.9 Å². The molecule has 1 unspecified atom stereocenters. The van der Waals surface area contributed by atoms with E-state index >= 15 is 0 Å². The predicted octanol–water partition coefficient (Wildman–Crippen LogP) is 1.64. The van der Waals surface area contributed by atoms with Crippen LogP contribution in [0.15, 0.2) is 18.2 Å². The number of hydrogen-bond donors (Lipinski definition) is 2. The van der Waals surface area contributed by atoms with Crippen molar-refractivity contribution in [1.29, 1.82) is 0 Å². The summed E-state index contributed by atoms with van der Waals surface area (Å²) in [6.07, 6.45) is 0.119. The average molecular weight is 238 g/mol. The minimum atomic E-state index is -0.985. The number of carboxylic acids is 1. The number of carboxylic acid groups (broad SMARTS) is 1. The lowest BCUT2D eigenvalue weighted by atomic mass is 10.0. The zero-order valence-electron chi connectivity index (χ0n) is 10.1. The smallest absolute Gasteiger partial charge is 0.305 e. The molecule has 0 saturated carbocycles. The van der Waals surface area contributed by atoms with Crippen molar-refractivity contribution < 1.29 is 19.7 Å². The van der Waals surface area contributed by atoms with E-state index in [1.807, 2.05) is 25.1 Å². The van der Waals surface area contributed by atoms with Crippen molar-refractivity contribution in [3.63, 3.8) is 0 Å². The second-order valence-corrected chi connectivity index (χ2v) is 3.96. The largest absolute Gasteiger partial charge is 0.496 e. The first-order valence-electron chi connectivity index (χ1n) is 5.62. The maximum atomic E-state index is 10.4. The van der Waals surface area contributed by atoms with Crippen LogP contribution in [-0.2, 0) is 17.6 Å². The van der Waals surface area contributed by atoms with E-state index in [1.165, 1.54) is 0 Å². The zero-order chi connectivity index (χ0) is 12.8. The van der Waals surface area contributed by atoms with Crippen LogP contribution in [0.3, 0.4) is 0 Å². The molecule has 94 valence electrons. The van der Waals surface area contributed by atoms with Gasteiger partial charge in [0.25, 0.3) is 0 Å². The molecule has 0 radical (unpaired) electrons. The number of rotatable bonds is 6. The van der Waals surface area contributed by atoms with Gasteiger partial charge in [-0.1, -0.05) is 19.1 Å². The van der Waals surface area contributed by atoms with E-state index in [-0.39, 0.29) is 6.42 Å². The monoisotopic (exact) mass is 238 g/mol. The summed E-state index contributed by atoms with van der Waals surface area (Å²) in [5.74, 6) is -0.161. The maximum Gasteiger partial charge on any atom is 0.305 e. The average Bonchev–Trinajstić information content (AvgIpc) is 2.27. The standard InChI is InChI=1S/C13H18O4/c1-3-10-6-9(4-5-12(10)17-2)7-11(14)8-13(15)16/h4-6,11,14H,3,7-8H2,1-2H3,(H,15,16). The van der Waals surface area contributed by atoms with Gasteiger partial charge in [-0.3, -0.25) is 4.79 Å². The summed E-state index contributed by atoms with van der Waals surface area (Å²) in [7, 11) is 1.62. The van der Waals surface area contributed by atoms with E-state index in [1.54, 1.807) is 7.11 Å². The third-order valence-electron chi connectivity index (χ3n) is 2.61. The number of aryl methyl sites for hydroxylation is 1. The molecular weight excluding hydrogens is 220 g/mol. The van der Waals surface area contributed by atoms with E-state index < -0.39 is 12.1 Å². The van der Waals surface area contributed by atoms with Crippen molar-refractivity contribution in [2.24, 2.45) is 0 Å². The highest BCUT2D eigenvalue weighted by Gasteiger charge is 2.11. The van der Waals surface area contributed by atoms with Crippen molar-refractivity contribution in [2.75, 3.05) is 7.11 Å². The Kier molecular flexibility index (Phi) is 4.97. The first kappa shape index (κ1) is 13.5. The number of ether oxygens (including phenoxy) is 1. The minimum absolute atomic E-state index is 0.229. The van der Waals surface area contributed by atoms with Gasteiger partial charge in [-0.25, -0.2) is 0 Å². The molecule has 17 heavy (non-hydrogen) atoms. The van der Waals surface area contributed by atoms with Gasteiger partial charge in [0, 0.05) is 0 Å². The lowest BCUT2D eigenvalue weighted by Crippen LogP contribution is -2.15. The van der Waals surface area contributed by atoms with Gasteiger partial charge in [-0.2, -0.15) is 0 Å². The highest BCUT2D eigenvalue weighted by atomic mass is 16.5. The van der Waals surface area contributed by atoms with E-state index in [0.717, 1.165) is 23.3 Å². The molecule has 2 N–H and O–H groups in total. The second kappa shape index (κ2) is 6.25. The van der Waals surface area contributed by atoms with Gasteiger partial charge in [0.2, 0.25) is 0 Å². The third kappa shape index (κ3) is 4.07. The fraction of sp³-hybridized carbons (Fsp3) is 0.462.